The van der Waals surface area contributed by atoms with E-state index in [4.69, 9.17) is 10.3 Å². The molecule has 0 saturated carbocycles. The van der Waals surface area contributed by atoms with Gasteiger partial charge in [0.15, 0.2) is 0 Å². The van der Waals surface area contributed by atoms with Crippen LogP contribution >= 0.6 is 15.9 Å². The van der Waals surface area contributed by atoms with Gasteiger partial charge in [-0.15, -0.1) is 0 Å². The fraction of sp³-hybridized carbons (Fsp3) is 0.500. The van der Waals surface area contributed by atoms with E-state index in [9.17, 15) is 0 Å². The summed E-state index contributed by atoms with van der Waals surface area (Å²) in [6.45, 7) is 7.09. The van der Waals surface area contributed by atoms with Gasteiger partial charge in [0.25, 0.3) is 0 Å². The second kappa shape index (κ2) is 7.18. The largest absolute Gasteiger partial charge is 0.339 e. The van der Waals surface area contributed by atoms with E-state index in [1.807, 2.05) is 25.1 Å². The molecule has 2 N–H and O–H groups in total. The number of aryl methyl sites for hydroxylation is 1. The van der Waals surface area contributed by atoms with Crippen molar-refractivity contribution in [2.75, 3.05) is 6.54 Å². The summed E-state index contributed by atoms with van der Waals surface area (Å²) in [5, 5.41) is 4.09. The normalized spacial score (nSPS) is 12.9. The van der Waals surface area contributed by atoms with Gasteiger partial charge >= 0.3 is 0 Å². The smallest absolute Gasteiger partial charge is 0.227 e. The van der Waals surface area contributed by atoms with Crippen LogP contribution in [0.1, 0.15) is 31.7 Å². The lowest BCUT2D eigenvalue weighted by atomic mass is 9.94. The van der Waals surface area contributed by atoms with Crippen molar-refractivity contribution in [2.45, 2.75) is 33.6 Å². The predicted octanol–water partition coefficient (Wildman–Crippen LogP) is 3.97. The molecule has 1 aromatic heterocycles. The van der Waals surface area contributed by atoms with Gasteiger partial charge in [-0.1, -0.05) is 41.0 Å². The Morgan fingerprint density at radius 2 is 2.10 bits per heavy atom. The maximum atomic E-state index is 5.83. The average molecular weight is 352 g/mol. The second-order valence-electron chi connectivity index (χ2n) is 5.93. The fourth-order valence-corrected chi connectivity index (χ4v) is 3.10. The van der Waals surface area contributed by atoms with Gasteiger partial charge in [0, 0.05) is 16.5 Å². The fourth-order valence-electron chi connectivity index (χ4n) is 2.43. The van der Waals surface area contributed by atoms with Gasteiger partial charge in [-0.25, -0.2) is 0 Å². The van der Waals surface area contributed by atoms with E-state index >= 15 is 0 Å². The number of rotatable bonds is 6. The van der Waals surface area contributed by atoms with Gasteiger partial charge in [0.1, 0.15) is 0 Å². The summed E-state index contributed by atoms with van der Waals surface area (Å²) in [5.41, 5.74) is 7.97. The van der Waals surface area contributed by atoms with E-state index < -0.39 is 0 Å². The van der Waals surface area contributed by atoms with Crippen LogP contribution in [-0.4, -0.2) is 16.7 Å². The first-order valence-corrected chi connectivity index (χ1v) is 8.08. The Hall–Kier alpha value is -1.20. The third kappa shape index (κ3) is 4.38. The van der Waals surface area contributed by atoms with Gasteiger partial charge in [-0.3, -0.25) is 0 Å². The van der Waals surface area contributed by atoms with Crippen LogP contribution < -0.4 is 5.73 Å². The third-order valence-corrected chi connectivity index (χ3v) is 4.09. The van der Waals surface area contributed by atoms with Crippen LogP contribution in [0, 0.1) is 18.8 Å². The van der Waals surface area contributed by atoms with Crippen LogP contribution in [-0.2, 0) is 6.42 Å². The Morgan fingerprint density at radius 3 is 2.71 bits per heavy atom. The minimum atomic E-state index is 0.389. The molecule has 5 heteroatoms. The minimum Gasteiger partial charge on any atom is -0.339 e. The Morgan fingerprint density at radius 1 is 1.33 bits per heavy atom. The zero-order valence-corrected chi connectivity index (χ0v) is 14.4. The molecule has 0 fully saturated rings. The molecule has 0 amide bonds. The second-order valence-corrected chi connectivity index (χ2v) is 6.78. The van der Waals surface area contributed by atoms with E-state index in [-0.39, 0.29) is 0 Å². The van der Waals surface area contributed by atoms with Crippen LogP contribution in [0.3, 0.4) is 0 Å². The van der Waals surface area contributed by atoms with Crippen molar-refractivity contribution >= 4 is 15.9 Å². The van der Waals surface area contributed by atoms with Crippen LogP contribution in [0.2, 0.25) is 0 Å². The molecule has 0 saturated heterocycles. The van der Waals surface area contributed by atoms with Crippen molar-refractivity contribution in [3.05, 3.63) is 34.1 Å². The highest BCUT2D eigenvalue weighted by atomic mass is 79.9. The monoisotopic (exact) mass is 351 g/mol. The van der Waals surface area contributed by atoms with Gasteiger partial charge in [0.2, 0.25) is 11.7 Å². The van der Waals surface area contributed by atoms with Crippen molar-refractivity contribution in [3.63, 3.8) is 0 Å². The Balaban J connectivity index is 2.14. The number of benzene rings is 1. The van der Waals surface area contributed by atoms with E-state index in [1.165, 1.54) is 5.56 Å². The highest BCUT2D eigenvalue weighted by molar-refractivity contribution is 9.10. The molecule has 1 atom stereocenters. The lowest BCUT2D eigenvalue weighted by molar-refractivity contribution is 0.332. The number of nitrogens with zero attached hydrogens (tertiary/aromatic N) is 2. The highest BCUT2D eigenvalue weighted by Gasteiger charge is 2.16. The SMILES string of the molecule is Cc1ccc(-c2noc(CC(CN)CC(C)C)n2)c(Br)c1. The lowest BCUT2D eigenvalue weighted by Crippen LogP contribution is -2.19. The Labute approximate surface area is 134 Å². The van der Waals surface area contributed by atoms with Crippen molar-refractivity contribution in [1.82, 2.24) is 10.1 Å². The van der Waals surface area contributed by atoms with Crippen molar-refractivity contribution in [1.29, 1.82) is 0 Å². The molecular formula is C16H22BrN3O. The molecule has 0 radical (unpaired) electrons. The summed E-state index contributed by atoms with van der Waals surface area (Å²) >= 11 is 3.55. The van der Waals surface area contributed by atoms with Crippen LogP contribution in [0.4, 0.5) is 0 Å². The van der Waals surface area contributed by atoms with Crippen LogP contribution in [0.15, 0.2) is 27.2 Å². The molecule has 2 rings (SSSR count). The van der Waals surface area contributed by atoms with Gasteiger partial charge in [-0.05, 0) is 49.4 Å². The number of nitrogens with two attached hydrogens (primary N) is 1. The molecule has 0 bridgehead atoms. The average Bonchev–Trinajstić information content (AvgIpc) is 2.85. The number of aromatic nitrogens is 2. The van der Waals surface area contributed by atoms with E-state index in [1.54, 1.807) is 0 Å². The third-order valence-electron chi connectivity index (χ3n) is 3.43. The summed E-state index contributed by atoms with van der Waals surface area (Å²) in [7, 11) is 0. The molecule has 0 aliphatic carbocycles. The van der Waals surface area contributed by atoms with Crippen molar-refractivity contribution in [3.8, 4) is 11.4 Å². The minimum absolute atomic E-state index is 0.389. The highest BCUT2D eigenvalue weighted by Crippen LogP contribution is 2.27. The molecule has 0 aliphatic rings. The zero-order chi connectivity index (χ0) is 15.4. The van der Waals surface area contributed by atoms with E-state index in [0.29, 0.717) is 30.1 Å². The first-order chi connectivity index (χ1) is 9.99. The first kappa shape index (κ1) is 16.2. The Kier molecular flexibility index (Phi) is 5.53. The molecule has 0 spiro atoms. The van der Waals surface area contributed by atoms with Crippen molar-refractivity contribution in [2.24, 2.45) is 17.6 Å². The number of hydrogen-bond donors (Lipinski definition) is 1. The van der Waals surface area contributed by atoms with Gasteiger partial charge < -0.3 is 10.3 Å². The maximum absolute atomic E-state index is 5.83. The summed E-state index contributed by atoms with van der Waals surface area (Å²) < 4.78 is 6.36. The summed E-state index contributed by atoms with van der Waals surface area (Å²) in [5.74, 6) is 2.29. The quantitative estimate of drug-likeness (QED) is 0.854. The predicted molar refractivity (Wildman–Crippen MR) is 87.9 cm³/mol. The first-order valence-electron chi connectivity index (χ1n) is 7.28. The zero-order valence-electron chi connectivity index (χ0n) is 12.8. The van der Waals surface area contributed by atoms with Crippen LogP contribution in [0.25, 0.3) is 11.4 Å². The topological polar surface area (TPSA) is 64.9 Å². The molecule has 2 aromatic rings. The number of hydrogen-bond acceptors (Lipinski definition) is 4. The molecule has 114 valence electrons. The van der Waals surface area contributed by atoms with Crippen LogP contribution in [0.5, 0.6) is 0 Å². The van der Waals surface area contributed by atoms with Gasteiger partial charge in [0.05, 0.1) is 0 Å². The van der Waals surface area contributed by atoms with E-state index in [2.05, 4.69) is 39.9 Å². The van der Waals surface area contributed by atoms with Crippen molar-refractivity contribution < 1.29 is 4.52 Å². The molecule has 1 aromatic carbocycles. The summed E-state index contributed by atoms with van der Waals surface area (Å²) in [6, 6.07) is 6.09. The molecule has 4 nitrogen and oxygen atoms in total. The number of halogens is 1. The van der Waals surface area contributed by atoms with Gasteiger partial charge in [-0.2, -0.15) is 4.98 Å². The molecule has 0 aliphatic heterocycles. The lowest BCUT2D eigenvalue weighted by Gasteiger charge is -2.14. The summed E-state index contributed by atoms with van der Waals surface area (Å²) in [6.07, 6.45) is 1.81. The maximum Gasteiger partial charge on any atom is 0.227 e. The molecular weight excluding hydrogens is 330 g/mol. The summed E-state index contributed by atoms with van der Waals surface area (Å²) in [4.78, 5) is 4.50. The molecule has 21 heavy (non-hydrogen) atoms. The molecule has 1 heterocycles. The van der Waals surface area contributed by atoms with E-state index in [0.717, 1.165) is 22.9 Å². The Bertz CT molecular complexity index is 595. The standard InChI is InChI=1S/C16H22BrN3O/c1-10(2)6-12(9-18)8-15-19-16(20-21-15)13-5-4-11(3)7-14(13)17/h4-5,7,10,12H,6,8-9,18H2,1-3H3. The molecule has 1 unspecified atom stereocenters.